The third-order valence-electron chi connectivity index (χ3n) is 10.0. The quantitative estimate of drug-likeness (QED) is 0.152. The summed E-state index contributed by atoms with van der Waals surface area (Å²) in [4.78, 5) is 1.27. The summed E-state index contributed by atoms with van der Waals surface area (Å²) in [5.74, 6) is 0. The third-order valence-corrected chi connectivity index (χ3v) is 10.0. The molecule has 0 aliphatic heterocycles. The van der Waals surface area contributed by atoms with Crippen molar-refractivity contribution in [2.45, 2.75) is 0 Å². The van der Waals surface area contributed by atoms with Crippen LogP contribution in [-0.2, 0) is 0 Å². The third kappa shape index (κ3) is 6.41. The highest BCUT2D eigenvalue weighted by Gasteiger charge is 2.22. The van der Waals surface area contributed by atoms with Gasteiger partial charge in [-0.1, -0.05) is 188 Å². The number of nitrogens with zero attached hydrogens (tertiary/aromatic N) is 1. The molecule has 11 aromatic rings. The summed E-state index contributed by atoms with van der Waals surface area (Å²) in [5, 5.41) is -1.18. The lowest BCUT2D eigenvalue weighted by Crippen LogP contribution is -2.12. The van der Waals surface area contributed by atoms with Gasteiger partial charge in [0.2, 0.25) is 0 Å². The second-order valence-corrected chi connectivity index (χ2v) is 13.5. The first-order chi connectivity index (χ1) is 39.3. The molecule has 0 unspecified atom stereocenters. The summed E-state index contributed by atoms with van der Waals surface area (Å²) in [6.07, 6.45) is 0. The van der Waals surface area contributed by atoms with Crippen LogP contribution < -0.4 is 4.90 Å². The van der Waals surface area contributed by atoms with Crippen LogP contribution in [0.25, 0.3) is 88.3 Å². The highest BCUT2D eigenvalue weighted by Crippen LogP contribution is 2.47. The number of anilines is 3. The summed E-state index contributed by atoms with van der Waals surface area (Å²) in [7, 11) is 0. The van der Waals surface area contributed by atoms with Gasteiger partial charge in [0.15, 0.2) is 0 Å². The van der Waals surface area contributed by atoms with Crippen LogP contribution in [0.4, 0.5) is 17.1 Å². The van der Waals surface area contributed by atoms with Crippen LogP contribution >= 0.6 is 0 Å². The van der Waals surface area contributed by atoms with Gasteiger partial charge in [0.25, 0.3) is 0 Å². The lowest BCUT2D eigenvalue weighted by molar-refractivity contribution is 0.669. The molecule has 0 aliphatic carbocycles. The number of fused-ring (bicyclic) bond motifs is 5. The topological polar surface area (TPSA) is 16.4 Å². The largest absolute Gasteiger partial charge is 0.456 e. The minimum Gasteiger partial charge on any atom is -0.456 e. The first-order valence-corrected chi connectivity index (χ1v) is 18.6. The zero-order valence-electron chi connectivity index (χ0n) is 54.1. The summed E-state index contributed by atoms with van der Waals surface area (Å²) in [6.45, 7) is 0. The Bertz CT molecular complexity index is 4570. The smallest absolute Gasteiger partial charge is 0.136 e. The Kier molecular flexibility index (Phi) is 4.72. The van der Waals surface area contributed by atoms with Crippen LogP contribution in [0.5, 0.6) is 0 Å². The lowest BCUT2D eigenvalue weighted by atomic mass is 9.93. The Morgan fingerprint density at radius 2 is 0.967 bits per heavy atom. The van der Waals surface area contributed by atoms with Crippen molar-refractivity contribution in [3.63, 3.8) is 0 Å². The van der Waals surface area contributed by atoms with Crippen molar-refractivity contribution in [3.8, 4) is 55.6 Å². The molecule has 0 saturated heterocycles. The van der Waals surface area contributed by atoms with E-state index in [1.807, 2.05) is 42.5 Å². The second-order valence-electron chi connectivity index (χ2n) is 13.5. The molecule has 0 radical (unpaired) electrons. The summed E-state index contributed by atoms with van der Waals surface area (Å²) in [5.41, 5.74) is -1.28. The molecule has 0 spiro atoms. The van der Waals surface area contributed by atoms with Crippen LogP contribution in [0, 0.1) is 0 Å². The molecule has 10 aromatic carbocycles. The molecular formula is C58H39NO. The molecule has 60 heavy (non-hydrogen) atoms. The molecule has 0 saturated carbocycles. The van der Waals surface area contributed by atoms with Gasteiger partial charge >= 0.3 is 0 Å². The van der Waals surface area contributed by atoms with E-state index in [2.05, 4.69) is 0 Å². The Morgan fingerprint density at radius 1 is 0.367 bits per heavy atom. The normalized spacial score (nSPS) is 16.7. The molecular weight excluding hydrogens is 727 g/mol. The van der Waals surface area contributed by atoms with E-state index >= 15 is 0 Å². The molecule has 0 aliphatic rings. The van der Waals surface area contributed by atoms with Crippen molar-refractivity contribution in [2.24, 2.45) is 0 Å². The van der Waals surface area contributed by atoms with Crippen LogP contribution in [0.2, 0.25) is 0 Å². The number of rotatable bonds is 8. The standard InChI is InChI=1S/C58H39NO/c1-4-14-40(15-5-1)42-24-26-45(27-25-42)50-20-10-12-22-54(50)59(49-34-30-43(31-35-49)41-16-6-2-7-17-41)55-36-32-48(38-52(55)44-18-8-3-9-19-44)47-29-28-46-33-37-57-58(53(46)39-47)51-21-11-13-23-56(51)60-57/h1-39H/i2D,3D,6D,7D,8D,9D,11D,13D,16D,17D,18D,19D,21D,23D,28D,29D,30D,31D,33D,34D,35D,37D,39D. The average molecular weight is 789 g/mol. The average Bonchev–Trinajstić information content (AvgIpc) is 3.32. The van der Waals surface area contributed by atoms with Crippen molar-refractivity contribution >= 4 is 49.8 Å². The van der Waals surface area contributed by atoms with Crippen molar-refractivity contribution in [1.82, 2.24) is 0 Å². The van der Waals surface area contributed by atoms with Crippen molar-refractivity contribution in [1.29, 1.82) is 0 Å². The van der Waals surface area contributed by atoms with E-state index < -0.39 is 178 Å². The number of hydrogen-bond acceptors (Lipinski definition) is 2. The van der Waals surface area contributed by atoms with Crippen LogP contribution in [0.1, 0.15) is 31.5 Å². The molecule has 11 rings (SSSR count). The van der Waals surface area contributed by atoms with Gasteiger partial charge in [-0.25, -0.2) is 0 Å². The predicted octanol–water partition coefficient (Wildman–Crippen LogP) is 16.5. The van der Waals surface area contributed by atoms with Gasteiger partial charge in [-0.05, 0) is 104 Å². The second kappa shape index (κ2) is 15.1. The Morgan fingerprint density at radius 3 is 1.77 bits per heavy atom. The van der Waals surface area contributed by atoms with E-state index in [4.69, 9.17) is 23.6 Å². The van der Waals surface area contributed by atoms with Crippen LogP contribution in [0.3, 0.4) is 0 Å². The first-order valence-electron chi connectivity index (χ1n) is 30.1. The Hall–Kier alpha value is -7.94. The molecule has 282 valence electrons. The zero-order valence-corrected chi connectivity index (χ0v) is 31.1. The maximum absolute atomic E-state index is 9.91. The molecule has 0 bridgehead atoms. The maximum atomic E-state index is 9.91. The van der Waals surface area contributed by atoms with E-state index in [0.29, 0.717) is 11.1 Å². The number of benzene rings is 10. The monoisotopic (exact) mass is 788 g/mol. The van der Waals surface area contributed by atoms with E-state index in [1.54, 1.807) is 36.4 Å². The zero-order chi connectivity index (χ0) is 59.8. The molecule has 1 heterocycles. The molecule has 0 fully saturated rings. The molecule has 1 aromatic heterocycles. The number of hydrogen-bond donors (Lipinski definition) is 0. The van der Waals surface area contributed by atoms with Crippen LogP contribution in [0.15, 0.2) is 240 Å². The lowest BCUT2D eigenvalue weighted by Gasteiger charge is -2.30. The van der Waals surface area contributed by atoms with Gasteiger partial charge in [-0.3, -0.25) is 0 Å². The summed E-state index contributed by atoms with van der Waals surface area (Å²) >= 11 is 0. The number of furan rings is 1. The van der Waals surface area contributed by atoms with Gasteiger partial charge in [0, 0.05) is 27.6 Å². The van der Waals surface area contributed by atoms with Crippen molar-refractivity contribution in [2.75, 3.05) is 4.90 Å². The Labute approximate surface area is 382 Å². The van der Waals surface area contributed by atoms with Gasteiger partial charge in [0.05, 0.1) is 42.9 Å². The fraction of sp³-hybridized carbons (Fsp3) is 0. The molecule has 2 nitrogen and oxygen atoms in total. The van der Waals surface area contributed by atoms with Gasteiger partial charge < -0.3 is 9.32 Å². The fourth-order valence-corrected chi connectivity index (χ4v) is 7.24. The van der Waals surface area contributed by atoms with E-state index in [1.165, 1.54) is 23.1 Å². The molecule has 0 atom stereocenters. The molecule has 0 amide bonds. The highest BCUT2D eigenvalue weighted by molar-refractivity contribution is 6.19. The van der Waals surface area contributed by atoms with E-state index in [-0.39, 0.29) is 44.2 Å². The predicted molar refractivity (Wildman–Crippen MR) is 253 cm³/mol. The first kappa shape index (κ1) is 18.8. The van der Waals surface area contributed by atoms with Gasteiger partial charge in [0.1, 0.15) is 11.2 Å². The van der Waals surface area contributed by atoms with Gasteiger partial charge in [-0.2, -0.15) is 0 Å². The summed E-state index contributed by atoms with van der Waals surface area (Å²) in [6, 6.07) is 10.2. The molecule has 0 N–H and O–H groups in total. The minimum atomic E-state index is -0.848. The Balaban J connectivity index is 1.28. The van der Waals surface area contributed by atoms with E-state index in [0.717, 1.165) is 11.1 Å². The molecule has 2 heteroatoms. The highest BCUT2D eigenvalue weighted by atomic mass is 16.3. The number of para-hydroxylation sites is 2. The van der Waals surface area contributed by atoms with Crippen molar-refractivity contribution < 1.29 is 35.9 Å². The summed E-state index contributed by atoms with van der Waals surface area (Å²) < 4.78 is 213. The van der Waals surface area contributed by atoms with Crippen molar-refractivity contribution in [3.05, 3.63) is 236 Å². The fourth-order valence-electron chi connectivity index (χ4n) is 7.24. The van der Waals surface area contributed by atoms with Gasteiger partial charge in [-0.15, -0.1) is 0 Å². The maximum Gasteiger partial charge on any atom is 0.136 e. The SMILES string of the molecule is [2H]c1c([2H])c([2H])c(-c2cc(-c3c([2H])c([2H])c4c([2H])c([2H])c5oc6c([2H])c([2H])c([2H])c([2H])c6c5c4c3[2H])ccc2N(c2ccccc2-c2ccc(-c3ccccc3)cc2)c2c([2H])c([2H])c(-c3c([2H])c([2H])c([2H])c([2H])c3[2H])c([2H])c2[2H])c([2H])c1[2H]. The van der Waals surface area contributed by atoms with Crippen LogP contribution in [-0.4, -0.2) is 0 Å². The minimum absolute atomic E-state index is 0.118. The van der Waals surface area contributed by atoms with E-state index in [9.17, 15) is 12.3 Å².